The van der Waals surface area contributed by atoms with E-state index in [9.17, 15) is 9.59 Å². The highest BCUT2D eigenvalue weighted by molar-refractivity contribution is 6.00. The lowest BCUT2D eigenvalue weighted by Crippen LogP contribution is -2.44. The molecule has 0 aromatic heterocycles. The Hall–Kier alpha value is -2.10. The average molecular weight is 290 g/mol. The molecular weight excluding hydrogens is 268 g/mol. The zero-order valence-electron chi connectivity index (χ0n) is 12.8. The topological polar surface area (TPSA) is 52.6 Å². The van der Waals surface area contributed by atoms with Gasteiger partial charge in [0.2, 0.25) is 0 Å². The van der Waals surface area contributed by atoms with Crippen molar-refractivity contribution in [2.75, 3.05) is 14.2 Å². The molecule has 0 aliphatic carbocycles. The van der Waals surface area contributed by atoms with Crippen molar-refractivity contribution in [1.29, 1.82) is 0 Å². The molecule has 1 atom stereocenters. The third-order valence-corrected chi connectivity index (χ3v) is 3.83. The number of allylic oxidation sites excluding steroid dienone is 1. The summed E-state index contributed by atoms with van der Waals surface area (Å²) in [5.41, 5.74) is -0.235. The quantitative estimate of drug-likeness (QED) is 0.440. The van der Waals surface area contributed by atoms with E-state index in [1.807, 2.05) is 30.3 Å². The maximum Gasteiger partial charge on any atom is 0.323 e. The first kappa shape index (κ1) is 17.0. The Bertz CT molecular complexity index is 477. The molecule has 0 aliphatic rings. The highest BCUT2D eigenvalue weighted by atomic mass is 16.5. The zero-order chi connectivity index (χ0) is 15.9. The number of rotatable bonds is 7. The van der Waals surface area contributed by atoms with Crippen LogP contribution in [0.4, 0.5) is 0 Å². The molecule has 0 spiro atoms. The van der Waals surface area contributed by atoms with Crippen LogP contribution in [0.15, 0.2) is 43.0 Å². The lowest BCUT2D eigenvalue weighted by molar-refractivity contribution is -0.171. The van der Waals surface area contributed by atoms with Gasteiger partial charge in [-0.3, -0.25) is 9.59 Å². The van der Waals surface area contributed by atoms with Crippen molar-refractivity contribution in [3.05, 3.63) is 48.6 Å². The lowest BCUT2D eigenvalue weighted by Gasteiger charge is -2.30. The average Bonchev–Trinajstić information content (AvgIpc) is 2.54. The summed E-state index contributed by atoms with van der Waals surface area (Å²) in [6, 6.07) is 9.87. The number of carbonyl (C=O) groups excluding carboxylic acids is 2. The van der Waals surface area contributed by atoms with E-state index in [4.69, 9.17) is 9.47 Å². The summed E-state index contributed by atoms with van der Waals surface area (Å²) < 4.78 is 9.57. The molecule has 1 rings (SSSR count). The molecule has 0 aliphatic heterocycles. The second-order valence-corrected chi connectivity index (χ2v) is 5.05. The van der Waals surface area contributed by atoms with Gasteiger partial charge in [-0.05, 0) is 25.3 Å². The van der Waals surface area contributed by atoms with Gasteiger partial charge in [-0.1, -0.05) is 36.4 Å². The van der Waals surface area contributed by atoms with Gasteiger partial charge in [0.05, 0.1) is 14.2 Å². The van der Waals surface area contributed by atoms with E-state index in [0.717, 1.165) is 12.0 Å². The molecule has 0 saturated carbocycles. The van der Waals surface area contributed by atoms with Gasteiger partial charge in [-0.15, -0.1) is 6.58 Å². The van der Waals surface area contributed by atoms with E-state index in [0.29, 0.717) is 6.42 Å². The number of hydrogen-bond acceptors (Lipinski definition) is 4. The molecule has 0 radical (unpaired) electrons. The Kier molecular flexibility index (Phi) is 6.15. The van der Waals surface area contributed by atoms with Crippen molar-refractivity contribution in [1.82, 2.24) is 0 Å². The van der Waals surface area contributed by atoms with E-state index in [-0.39, 0.29) is 5.92 Å². The molecule has 1 aromatic rings. The summed E-state index contributed by atoms with van der Waals surface area (Å²) in [5.74, 6) is -1.57. The fraction of sp³-hybridized carbons (Fsp3) is 0.412. The van der Waals surface area contributed by atoms with Crippen LogP contribution in [-0.4, -0.2) is 26.2 Å². The van der Waals surface area contributed by atoms with Crippen LogP contribution < -0.4 is 0 Å². The first-order valence-electron chi connectivity index (χ1n) is 6.84. The van der Waals surface area contributed by atoms with E-state index in [2.05, 4.69) is 6.58 Å². The predicted octanol–water partition coefficient (Wildman–Crippen LogP) is 2.77. The smallest absolute Gasteiger partial charge is 0.323 e. The fourth-order valence-electron chi connectivity index (χ4n) is 2.42. The number of benzene rings is 1. The van der Waals surface area contributed by atoms with E-state index >= 15 is 0 Å². The summed E-state index contributed by atoms with van der Waals surface area (Å²) in [4.78, 5) is 24.1. The number of aryl methyl sites for hydroxylation is 1. The third-order valence-electron chi connectivity index (χ3n) is 3.83. The van der Waals surface area contributed by atoms with Crippen LogP contribution in [-0.2, 0) is 25.5 Å². The van der Waals surface area contributed by atoms with E-state index in [1.165, 1.54) is 14.2 Å². The van der Waals surface area contributed by atoms with Gasteiger partial charge >= 0.3 is 11.9 Å². The summed E-state index contributed by atoms with van der Waals surface area (Å²) in [6.45, 7) is 5.30. The van der Waals surface area contributed by atoms with Crippen molar-refractivity contribution in [2.24, 2.45) is 11.3 Å². The van der Waals surface area contributed by atoms with Crippen LogP contribution in [0, 0.1) is 11.3 Å². The molecule has 4 nitrogen and oxygen atoms in total. The minimum absolute atomic E-state index is 0.363. The van der Waals surface area contributed by atoms with Crippen molar-refractivity contribution < 1.29 is 19.1 Å². The minimum Gasteiger partial charge on any atom is -0.468 e. The largest absolute Gasteiger partial charge is 0.468 e. The first-order valence-corrected chi connectivity index (χ1v) is 6.84. The number of hydrogen-bond donors (Lipinski definition) is 0. The van der Waals surface area contributed by atoms with Crippen LogP contribution >= 0.6 is 0 Å². The van der Waals surface area contributed by atoms with Crippen molar-refractivity contribution in [3.63, 3.8) is 0 Å². The van der Waals surface area contributed by atoms with E-state index < -0.39 is 17.4 Å². The van der Waals surface area contributed by atoms with Crippen LogP contribution in [0.3, 0.4) is 0 Å². The van der Waals surface area contributed by atoms with Gasteiger partial charge in [-0.25, -0.2) is 0 Å². The first-order chi connectivity index (χ1) is 10.00. The second-order valence-electron chi connectivity index (χ2n) is 5.05. The Balaban J connectivity index is 2.95. The Morgan fingerprint density at radius 2 is 1.71 bits per heavy atom. The zero-order valence-corrected chi connectivity index (χ0v) is 12.8. The van der Waals surface area contributed by atoms with Gasteiger partial charge < -0.3 is 9.47 Å². The SMILES string of the molecule is C=CC(CCc1ccccc1)C(C)(C(=O)OC)C(=O)OC. The minimum atomic E-state index is -1.37. The van der Waals surface area contributed by atoms with E-state index in [1.54, 1.807) is 13.0 Å². The van der Waals surface area contributed by atoms with Crippen LogP contribution in [0.5, 0.6) is 0 Å². The van der Waals surface area contributed by atoms with Crippen molar-refractivity contribution in [3.8, 4) is 0 Å². The summed E-state index contributed by atoms with van der Waals surface area (Å²) in [5, 5.41) is 0. The highest BCUT2D eigenvalue weighted by Gasteiger charge is 2.48. The highest BCUT2D eigenvalue weighted by Crippen LogP contribution is 2.34. The molecule has 0 bridgehead atoms. The Labute approximate surface area is 125 Å². The molecular formula is C17H22O4. The molecule has 114 valence electrons. The third kappa shape index (κ3) is 3.72. The monoisotopic (exact) mass is 290 g/mol. The number of ether oxygens (including phenoxy) is 2. The lowest BCUT2D eigenvalue weighted by atomic mass is 9.74. The Morgan fingerprint density at radius 1 is 1.19 bits per heavy atom. The molecule has 0 amide bonds. The van der Waals surface area contributed by atoms with Gasteiger partial charge in [0.25, 0.3) is 0 Å². The van der Waals surface area contributed by atoms with Crippen LogP contribution in [0.2, 0.25) is 0 Å². The maximum absolute atomic E-state index is 12.1. The fourth-order valence-corrected chi connectivity index (χ4v) is 2.42. The van der Waals surface area contributed by atoms with Crippen LogP contribution in [0.25, 0.3) is 0 Å². The van der Waals surface area contributed by atoms with Gasteiger partial charge in [0.15, 0.2) is 5.41 Å². The van der Waals surface area contributed by atoms with Gasteiger partial charge in [0.1, 0.15) is 0 Å². The maximum atomic E-state index is 12.1. The molecule has 0 fully saturated rings. The molecule has 0 saturated heterocycles. The Morgan fingerprint density at radius 3 is 2.14 bits per heavy atom. The predicted molar refractivity (Wildman–Crippen MR) is 80.6 cm³/mol. The number of esters is 2. The molecule has 21 heavy (non-hydrogen) atoms. The van der Waals surface area contributed by atoms with Crippen molar-refractivity contribution in [2.45, 2.75) is 19.8 Å². The van der Waals surface area contributed by atoms with Gasteiger partial charge in [-0.2, -0.15) is 0 Å². The van der Waals surface area contributed by atoms with Gasteiger partial charge in [0, 0.05) is 5.92 Å². The molecule has 1 aromatic carbocycles. The summed E-state index contributed by atoms with van der Waals surface area (Å²) in [7, 11) is 2.53. The molecule has 0 heterocycles. The van der Waals surface area contributed by atoms with Crippen LogP contribution in [0.1, 0.15) is 18.9 Å². The normalized spacial score (nSPS) is 12.3. The number of carbonyl (C=O) groups is 2. The molecule has 0 N–H and O–H groups in total. The second kappa shape index (κ2) is 7.62. The summed E-state index contributed by atoms with van der Waals surface area (Å²) >= 11 is 0. The summed E-state index contributed by atoms with van der Waals surface area (Å²) in [6.07, 6.45) is 2.96. The standard InChI is InChI=1S/C17H22O4/c1-5-14(12-11-13-9-7-6-8-10-13)17(2,15(18)20-3)16(19)21-4/h5-10,14H,1,11-12H2,2-4H3. The van der Waals surface area contributed by atoms with Crippen molar-refractivity contribution >= 4 is 11.9 Å². The molecule has 1 unspecified atom stereocenters. The molecule has 4 heteroatoms. The number of methoxy groups -OCH3 is 2.